The lowest BCUT2D eigenvalue weighted by molar-refractivity contribution is -0.892. The van der Waals surface area contributed by atoms with Gasteiger partial charge in [-0.05, 0) is 83.2 Å². The van der Waals surface area contributed by atoms with E-state index in [-0.39, 0.29) is 24.2 Å². The van der Waals surface area contributed by atoms with E-state index >= 15 is 0 Å². The molecular formula is C42H53BN2O7. The van der Waals surface area contributed by atoms with Crippen molar-refractivity contribution in [3.8, 4) is 11.8 Å². The second-order valence-electron chi connectivity index (χ2n) is 12.2. The molecule has 0 saturated carbocycles. The summed E-state index contributed by atoms with van der Waals surface area (Å²) in [5, 5.41) is 21.4. The Labute approximate surface area is 310 Å². The van der Waals surface area contributed by atoms with Crippen LogP contribution >= 0.6 is 0 Å². The Balaban J connectivity index is 0.000000235. The highest BCUT2D eigenvalue weighted by molar-refractivity contribution is 6.28. The van der Waals surface area contributed by atoms with Gasteiger partial charge in [-0.1, -0.05) is 91.0 Å². The fraction of sp³-hybridized carbons (Fsp3) is 0.333. The summed E-state index contributed by atoms with van der Waals surface area (Å²) in [6.07, 6.45) is 5.34. The fourth-order valence-corrected chi connectivity index (χ4v) is 5.60. The van der Waals surface area contributed by atoms with E-state index in [4.69, 9.17) is 23.8 Å². The standard InChI is InChI=1S/C22H21BO3.2C10H16NO2/c24-23(25)26-18-10-17-22(19-11-4-1-5-12-19,20-13-6-2-7-14-20)21-15-8-3-9-16-21;2*1-4-12-11-8-6-5-7-10(11)13-9(2)3/h1-9,11-16H,10,17-18H2;2*5-9H,4H2,1-3H3/q-2;2*+1. The Morgan fingerprint density at radius 3 is 1.25 bits per heavy atom. The highest BCUT2D eigenvalue weighted by atomic mass is 16.7. The molecule has 3 aromatic carbocycles. The second kappa shape index (κ2) is 22.8. The molecule has 0 amide bonds. The summed E-state index contributed by atoms with van der Waals surface area (Å²) < 4.78 is 19.1. The molecule has 0 radical (unpaired) electrons. The molecule has 0 saturated heterocycles. The van der Waals surface area contributed by atoms with Crippen molar-refractivity contribution in [1.29, 1.82) is 0 Å². The SMILES string of the molecule is CCO[n+]1ccccc1OC(C)C.CCO[n+]1ccccc1OC(C)C.[O-]B([O-])OCCCC(c1ccccc1)(c1ccccc1)c1ccccc1. The van der Waals surface area contributed by atoms with Crippen LogP contribution in [-0.2, 0) is 10.1 Å². The number of pyridine rings is 2. The first kappa shape index (κ1) is 41.5. The lowest BCUT2D eigenvalue weighted by Crippen LogP contribution is -2.48. The normalized spacial score (nSPS) is 10.7. The van der Waals surface area contributed by atoms with E-state index in [9.17, 15) is 10.0 Å². The Hall–Kier alpha value is -4.90. The van der Waals surface area contributed by atoms with Crippen molar-refractivity contribution in [3.63, 3.8) is 0 Å². The molecule has 276 valence electrons. The largest absolute Gasteiger partial charge is 0.871 e. The van der Waals surface area contributed by atoms with Gasteiger partial charge in [-0.2, -0.15) is 0 Å². The smallest absolute Gasteiger partial charge is 0.417 e. The summed E-state index contributed by atoms with van der Waals surface area (Å²) in [6, 6.07) is 42.5. The maximum Gasteiger partial charge on any atom is 0.417 e. The van der Waals surface area contributed by atoms with Gasteiger partial charge in [0, 0.05) is 33.6 Å². The molecule has 0 N–H and O–H groups in total. The van der Waals surface area contributed by atoms with Gasteiger partial charge in [-0.25, -0.2) is 0 Å². The fourth-order valence-electron chi connectivity index (χ4n) is 5.60. The first-order chi connectivity index (χ1) is 25.2. The van der Waals surface area contributed by atoms with Crippen LogP contribution in [0.2, 0.25) is 0 Å². The molecule has 0 bridgehead atoms. The quantitative estimate of drug-likeness (QED) is 0.0620. The maximum absolute atomic E-state index is 10.7. The highest BCUT2D eigenvalue weighted by Crippen LogP contribution is 2.42. The first-order valence-corrected chi connectivity index (χ1v) is 17.9. The van der Waals surface area contributed by atoms with Crippen LogP contribution < -0.4 is 38.7 Å². The van der Waals surface area contributed by atoms with Crippen LogP contribution in [0, 0.1) is 0 Å². The number of benzene rings is 3. The van der Waals surface area contributed by atoms with Gasteiger partial charge in [0.05, 0.1) is 31.7 Å². The van der Waals surface area contributed by atoms with Crippen molar-refractivity contribution in [2.45, 2.75) is 72.0 Å². The molecular weight excluding hydrogens is 655 g/mol. The van der Waals surface area contributed by atoms with E-state index in [1.165, 1.54) is 16.7 Å². The van der Waals surface area contributed by atoms with Gasteiger partial charge in [-0.15, -0.1) is 0 Å². The van der Waals surface area contributed by atoms with Crippen molar-refractivity contribution < 1.29 is 43.3 Å². The van der Waals surface area contributed by atoms with Gasteiger partial charge in [0.25, 0.3) is 0 Å². The molecule has 10 heteroatoms. The summed E-state index contributed by atoms with van der Waals surface area (Å²) in [5.41, 5.74) is 3.17. The molecule has 0 atom stereocenters. The zero-order chi connectivity index (χ0) is 37.6. The molecule has 0 aliphatic rings. The van der Waals surface area contributed by atoms with Gasteiger partial charge in [0.15, 0.2) is 13.2 Å². The van der Waals surface area contributed by atoms with Crippen LogP contribution in [0.5, 0.6) is 11.8 Å². The predicted octanol–water partition coefficient (Wildman–Crippen LogP) is 4.94. The molecule has 0 fully saturated rings. The number of rotatable bonds is 16. The molecule has 52 heavy (non-hydrogen) atoms. The monoisotopic (exact) mass is 708 g/mol. The van der Waals surface area contributed by atoms with Crippen LogP contribution in [0.25, 0.3) is 0 Å². The summed E-state index contributed by atoms with van der Waals surface area (Å²) in [7, 11) is -2.23. The minimum Gasteiger partial charge on any atom is -0.871 e. The van der Waals surface area contributed by atoms with E-state index in [0.29, 0.717) is 19.6 Å². The average molecular weight is 709 g/mol. The van der Waals surface area contributed by atoms with E-state index in [2.05, 4.69) is 36.4 Å². The van der Waals surface area contributed by atoms with Crippen molar-refractivity contribution in [2.75, 3.05) is 19.8 Å². The van der Waals surface area contributed by atoms with Crippen molar-refractivity contribution in [2.24, 2.45) is 0 Å². The maximum atomic E-state index is 10.7. The minimum absolute atomic E-state index is 0.159. The molecule has 0 aliphatic heterocycles. The number of ether oxygens (including phenoxy) is 2. The molecule has 5 aromatic rings. The molecule has 0 spiro atoms. The van der Waals surface area contributed by atoms with E-state index in [0.717, 1.165) is 18.2 Å². The zero-order valence-electron chi connectivity index (χ0n) is 31.3. The third-order valence-corrected chi connectivity index (χ3v) is 7.58. The van der Waals surface area contributed by atoms with Gasteiger partial charge in [0.1, 0.15) is 0 Å². The number of hydrogen-bond donors (Lipinski definition) is 0. The summed E-state index contributed by atoms with van der Waals surface area (Å²) in [6.45, 7) is 13.3. The van der Waals surface area contributed by atoms with E-state index in [1.54, 1.807) is 9.46 Å². The van der Waals surface area contributed by atoms with Gasteiger partial charge < -0.3 is 24.2 Å². The molecule has 5 rings (SSSR count). The van der Waals surface area contributed by atoms with Crippen LogP contribution in [0.4, 0.5) is 0 Å². The highest BCUT2D eigenvalue weighted by Gasteiger charge is 2.35. The van der Waals surface area contributed by atoms with Crippen LogP contribution in [0.3, 0.4) is 0 Å². The molecule has 0 unspecified atom stereocenters. The molecule has 2 aromatic heterocycles. The van der Waals surface area contributed by atoms with Crippen molar-refractivity contribution in [1.82, 2.24) is 0 Å². The summed E-state index contributed by atoms with van der Waals surface area (Å²) in [5.74, 6) is 1.47. The summed E-state index contributed by atoms with van der Waals surface area (Å²) >= 11 is 0. The number of hydrogen-bond acceptors (Lipinski definition) is 7. The Morgan fingerprint density at radius 1 is 0.558 bits per heavy atom. The van der Waals surface area contributed by atoms with Gasteiger partial charge in [-0.3, -0.25) is 9.68 Å². The number of nitrogens with zero attached hydrogens (tertiary/aromatic N) is 2. The molecule has 0 aliphatic carbocycles. The van der Waals surface area contributed by atoms with E-state index < -0.39 is 7.32 Å². The molecule has 9 nitrogen and oxygen atoms in total. The Kier molecular flexibility index (Phi) is 18.2. The third kappa shape index (κ3) is 13.3. The average Bonchev–Trinajstić information content (AvgIpc) is 3.15. The van der Waals surface area contributed by atoms with Gasteiger partial charge in [0.2, 0.25) is 12.4 Å². The van der Waals surface area contributed by atoms with Crippen molar-refractivity contribution >= 4 is 7.32 Å². The van der Waals surface area contributed by atoms with Crippen LogP contribution in [0.1, 0.15) is 71.1 Å². The van der Waals surface area contributed by atoms with Crippen molar-refractivity contribution in [3.05, 3.63) is 156 Å². The number of aromatic nitrogens is 2. The van der Waals surface area contributed by atoms with Crippen LogP contribution in [-0.4, -0.2) is 39.3 Å². The third-order valence-electron chi connectivity index (χ3n) is 7.58. The topological polar surface area (TPSA) is 100 Å². The second-order valence-corrected chi connectivity index (χ2v) is 12.2. The summed E-state index contributed by atoms with van der Waals surface area (Å²) in [4.78, 5) is 10.7. The minimum atomic E-state index is -2.23. The zero-order valence-corrected chi connectivity index (χ0v) is 31.3. The lowest BCUT2D eigenvalue weighted by Gasteiger charge is -2.37. The lowest BCUT2D eigenvalue weighted by atomic mass is 9.67. The van der Waals surface area contributed by atoms with Gasteiger partial charge >= 0.3 is 11.8 Å². The van der Waals surface area contributed by atoms with Crippen LogP contribution in [0.15, 0.2) is 140 Å². The Bertz CT molecular complexity index is 1510. The Morgan fingerprint density at radius 2 is 0.923 bits per heavy atom. The predicted molar refractivity (Wildman–Crippen MR) is 199 cm³/mol. The first-order valence-electron chi connectivity index (χ1n) is 17.9. The van der Waals surface area contributed by atoms with E-state index in [1.807, 2.05) is 145 Å². The molecule has 2 heterocycles.